The van der Waals surface area contributed by atoms with E-state index in [9.17, 15) is 0 Å². The molecule has 4 heteroatoms. The highest BCUT2D eigenvalue weighted by Gasteiger charge is 2.19. The molecule has 0 aliphatic rings. The number of halogens is 1. The van der Waals surface area contributed by atoms with E-state index in [0.29, 0.717) is 16.4 Å². The van der Waals surface area contributed by atoms with Crippen LogP contribution < -0.4 is 5.73 Å². The van der Waals surface area contributed by atoms with Crippen LogP contribution in [0.1, 0.15) is 28.9 Å². The summed E-state index contributed by atoms with van der Waals surface area (Å²) in [6.45, 7) is 3.80. The van der Waals surface area contributed by atoms with Crippen LogP contribution in [0.2, 0.25) is 5.02 Å². The maximum Gasteiger partial charge on any atom is 0.152 e. The molecule has 0 amide bonds. The van der Waals surface area contributed by atoms with Crippen LogP contribution in [0.4, 0.5) is 0 Å². The van der Waals surface area contributed by atoms with E-state index in [2.05, 4.69) is 0 Å². The zero-order valence-corrected chi connectivity index (χ0v) is 11.5. The van der Waals surface area contributed by atoms with Gasteiger partial charge in [-0.05, 0) is 32.0 Å². The summed E-state index contributed by atoms with van der Waals surface area (Å²) < 4.78 is 11.3. The van der Waals surface area contributed by atoms with Gasteiger partial charge in [-0.15, -0.1) is 0 Å². The molecule has 3 aromatic rings. The number of fused-ring (bicyclic) bond motifs is 1. The Hall–Kier alpha value is -1.71. The molecule has 1 aromatic carbocycles. The molecule has 2 aromatic heterocycles. The summed E-state index contributed by atoms with van der Waals surface area (Å²) in [5, 5.41) is 1.55. The van der Waals surface area contributed by atoms with Crippen molar-refractivity contribution in [2.75, 3.05) is 0 Å². The fourth-order valence-corrected chi connectivity index (χ4v) is 2.53. The normalized spacial score (nSPS) is 13.1. The smallest absolute Gasteiger partial charge is 0.152 e. The highest BCUT2D eigenvalue weighted by atomic mass is 35.5. The lowest BCUT2D eigenvalue weighted by Gasteiger charge is -2.06. The first-order valence-corrected chi connectivity index (χ1v) is 6.44. The first kappa shape index (κ1) is 12.3. The molecule has 1 unspecified atom stereocenters. The first-order chi connectivity index (χ1) is 9.06. The molecule has 0 saturated carbocycles. The summed E-state index contributed by atoms with van der Waals surface area (Å²) in [4.78, 5) is 0. The van der Waals surface area contributed by atoms with Crippen LogP contribution in [0.3, 0.4) is 0 Å². The zero-order chi connectivity index (χ0) is 13.6. The van der Waals surface area contributed by atoms with Crippen molar-refractivity contribution in [1.82, 2.24) is 0 Å². The minimum atomic E-state index is -0.346. The number of benzene rings is 1. The van der Waals surface area contributed by atoms with Gasteiger partial charge in [0.05, 0.1) is 11.1 Å². The maximum absolute atomic E-state index is 6.25. The van der Waals surface area contributed by atoms with Crippen LogP contribution in [0, 0.1) is 13.8 Å². The topological polar surface area (TPSA) is 52.3 Å². The second kappa shape index (κ2) is 4.44. The van der Waals surface area contributed by atoms with Gasteiger partial charge >= 0.3 is 0 Å². The van der Waals surface area contributed by atoms with Gasteiger partial charge in [0.1, 0.15) is 17.3 Å². The summed E-state index contributed by atoms with van der Waals surface area (Å²) >= 11 is 6.10. The molecule has 0 aliphatic carbocycles. The van der Waals surface area contributed by atoms with Crippen LogP contribution in [0.15, 0.2) is 39.2 Å². The third-order valence-corrected chi connectivity index (χ3v) is 3.53. The molecule has 2 heterocycles. The third-order valence-electron chi connectivity index (χ3n) is 3.24. The number of aryl methyl sites for hydroxylation is 2. The van der Waals surface area contributed by atoms with Gasteiger partial charge in [0.2, 0.25) is 0 Å². The van der Waals surface area contributed by atoms with E-state index in [1.807, 2.05) is 38.1 Å². The van der Waals surface area contributed by atoms with Crippen molar-refractivity contribution < 1.29 is 8.83 Å². The largest absolute Gasteiger partial charge is 0.466 e. The average molecular weight is 276 g/mol. The van der Waals surface area contributed by atoms with E-state index >= 15 is 0 Å². The Labute approximate surface area is 115 Å². The Morgan fingerprint density at radius 1 is 1.16 bits per heavy atom. The minimum Gasteiger partial charge on any atom is -0.466 e. The summed E-state index contributed by atoms with van der Waals surface area (Å²) in [5.74, 6) is 2.35. The van der Waals surface area contributed by atoms with E-state index in [1.54, 1.807) is 6.07 Å². The maximum atomic E-state index is 6.25. The number of nitrogens with two attached hydrogens (primary N) is 1. The van der Waals surface area contributed by atoms with Gasteiger partial charge in [0.25, 0.3) is 0 Å². The molecule has 0 fully saturated rings. The van der Waals surface area contributed by atoms with Crippen molar-refractivity contribution in [2.24, 2.45) is 5.73 Å². The van der Waals surface area contributed by atoms with Crippen LogP contribution in [-0.4, -0.2) is 0 Å². The average Bonchev–Trinajstić information content (AvgIpc) is 2.93. The van der Waals surface area contributed by atoms with Gasteiger partial charge in [-0.25, -0.2) is 0 Å². The standard InChI is InChI=1S/C15H14ClNO2/c1-8-6-11(9(2)18-8)14(17)13-7-10-4-3-5-12(16)15(10)19-13/h3-7,14H,17H2,1-2H3. The van der Waals surface area contributed by atoms with Gasteiger partial charge in [-0.3, -0.25) is 0 Å². The Bertz CT molecular complexity index is 742. The Kier molecular flexibility index (Phi) is 2.88. The monoisotopic (exact) mass is 275 g/mol. The predicted molar refractivity (Wildman–Crippen MR) is 75.4 cm³/mol. The zero-order valence-electron chi connectivity index (χ0n) is 10.7. The van der Waals surface area contributed by atoms with E-state index < -0.39 is 0 Å². The SMILES string of the molecule is Cc1cc(C(N)c2cc3cccc(Cl)c3o2)c(C)o1. The predicted octanol–water partition coefficient (Wildman–Crippen LogP) is 4.34. The number of para-hydroxylation sites is 1. The molecule has 0 spiro atoms. The lowest BCUT2D eigenvalue weighted by Crippen LogP contribution is -2.10. The van der Waals surface area contributed by atoms with Crippen molar-refractivity contribution >= 4 is 22.6 Å². The third kappa shape index (κ3) is 2.05. The number of hydrogen-bond donors (Lipinski definition) is 1. The van der Waals surface area contributed by atoms with Gasteiger partial charge in [0.15, 0.2) is 5.58 Å². The molecule has 3 rings (SSSR count). The second-order valence-corrected chi connectivity index (χ2v) is 5.06. The molecule has 98 valence electrons. The molecule has 0 radical (unpaired) electrons. The van der Waals surface area contributed by atoms with Crippen molar-refractivity contribution in [3.63, 3.8) is 0 Å². The van der Waals surface area contributed by atoms with Crippen LogP contribution >= 0.6 is 11.6 Å². The van der Waals surface area contributed by atoms with Crippen LogP contribution in [-0.2, 0) is 0 Å². The molecular weight excluding hydrogens is 262 g/mol. The number of hydrogen-bond acceptors (Lipinski definition) is 3. The molecule has 1 atom stereocenters. The summed E-state index contributed by atoms with van der Waals surface area (Å²) in [6, 6.07) is 9.16. The van der Waals surface area contributed by atoms with Crippen LogP contribution in [0.25, 0.3) is 11.0 Å². The lowest BCUT2D eigenvalue weighted by molar-refractivity contribution is 0.489. The summed E-state index contributed by atoms with van der Waals surface area (Å²) in [5.41, 5.74) is 7.86. The minimum absolute atomic E-state index is 0.346. The molecule has 0 aliphatic heterocycles. The van der Waals surface area contributed by atoms with Gasteiger partial charge < -0.3 is 14.6 Å². The van der Waals surface area contributed by atoms with Crippen molar-refractivity contribution in [1.29, 1.82) is 0 Å². The fraction of sp³-hybridized carbons (Fsp3) is 0.200. The molecule has 0 bridgehead atoms. The molecule has 19 heavy (non-hydrogen) atoms. The Morgan fingerprint density at radius 3 is 2.58 bits per heavy atom. The van der Waals surface area contributed by atoms with Gasteiger partial charge in [-0.1, -0.05) is 23.7 Å². The summed E-state index contributed by atoms with van der Waals surface area (Å²) in [7, 11) is 0. The lowest BCUT2D eigenvalue weighted by atomic mass is 10.1. The highest BCUT2D eigenvalue weighted by molar-refractivity contribution is 6.34. The molecule has 2 N–H and O–H groups in total. The van der Waals surface area contributed by atoms with E-state index in [1.165, 1.54) is 0 Å². The van der Waals surface area contributed by atoms with Crippen molar-refractivity contribution in [2.45, 2.75) is 19.9 Å². The van der Waals surface area contributed by atoms with E-state index in [4.69, 9.17) is 26.2 Å². The van der Waals surface area contributed by atoms with Gasteiger partial charge in [0, 0.05) is 10.9 Å². The van der Waals surface area contributed by atoms with E-state index in [-0.39, 0.29) is 6.04 Å². The summed E-state index contributed by atoms with van der Waals surface area (Å²) in [6.07, 6.45) is 0. The quantitative estimate of drug-likeness (QED) is 0.757. The molecule has 3 nitrogen and oxygen atoms in total. The van der Waals surface area contributed by atoms with Crippen molar-refractivity contribution in [3.8, 4) is 0 Å². The first-order valence-electron chi connectivity index (χ1n) is 6.06. The van der Waals surface area contributed by atoms with Gasteiger partial charge in [-0.2, -0.15) is 0 Å². The molecular formula is C15H14ClNO2. The highest BCUT2D eigenvalue weighted by Crippen LogP contribution is 2.32. The number of rotatable bonds is 2. The van der Waals surface area contributed by atoms with Crippen molar-refractivity contribution in [3.05, 3.63) is 58.2 Å². The number of furan rings is 2. The van der Waals surface area contributed by atoms with E-state index in [0.717, 1.165) is 22.5 Å². The second-order valence-electron chi connectivity index (χ2n) is 4.65. The van der Waals surface area contributed by atoms with Crippen LogP contribution in [0.5, 0.6) is 0 Å². The molecule has 0 saturated heterocycles. The fourth-order valence-electron chi connectivity index (χ4n) is 2.31. The Morgan fingerprint density at radius 2 is 1.95 bits per heavy atom. The Balaban J connectivity index is 2.09.